The highest BCUT2D eigenvalue weighted by Gasteiger charge is 2.15. The van der Waals surface area contributed by atoms with Gasteiger partial charge < -0.3 is 9.73 Å². The number of fused-ring (bicyclic) bond motifs is 1. The van der Waals surface area contributed by atoms with Crippen molar-refractivity contribution in [1.29, 1.82) is 0 Å². The number of aromatic nitrogens is 2. The number of furan rings is 1. The van der Waals surface area contributed by atoms with Crippen molar-refractivity contribution in [3.63, 3.8) is 0 Å². The minimum Gasteiger partial charge on any atom is -0.467 e. The third-order valence-corrected chi connectivity index (χ3v) is 5.90. The molecule has 2 heterocycles. The lowest BCUT2D eigenvalue weighted by Crippen LogP contribution is -2.39. The maximum atomic E-state index is 13.5. The largest absolute Gasteiger partial charge is 0.467 e. The topological polar surface area (TPSA) is 86.2 Å². The lowest BCUT2D eigenvalue weighted by Gasteiger charge is -2.14. The van der Waals surface area contributed by atoms with Gasteiger partial charge in [0.1, 0.15) is 11.6 Å². The van der Waals surface area contributed by atoms with Gasteiger partial charge in [0, 0.05) is 0 Å². The van der Waals surface area contributed by atoms with Gasteiger partial charge in [-0.05, 0) is 59.7 Å². The molecule has 0 fully saturated rings. The van der Waals surface area contributed by atoms with Crippen molar-refractivity contribution in [3.8, 4) is 5.69 Å². The van der Waals surface area contributed by atoms with E-state index >= 15 is 0 Å². The number of benzene rings is 3. The van der Waals surface area contributed by atoms with Gasteiger partial charge in [0.15, 0.2) is 0 Å². The van der Waals surface area contributed by atoms with Crippen LogP contribution in [0.4, 0.5) is 4.39 Å². The van der Waals surface area contributed by atoms with E-state index in [0.29, 0.717) is 28.9 Å². The van der Waals surface area contributed by atoms with Crippen LogP contribution in [-0.4, -0.2) is 15.0 Å². The summed E-state index contributed by atoms with van der Waals surface area (Å²) in [7, 11) is 0. The summed E-state index contributed by atoms with van der Waals surface area (Å²) in [6, 6.07) is 23.0. The maximum Gasteiger partial charge on any atom is 0.336 e. The average molecular weight is 483 g/mol. The van der Waals surface area contributed by atoms with Crippen molar-refractivity contribution < 1.29 is 13.6 Å². The lowest BCUT2D eigenvalue weighted by molar-refractivity contribution is -0.120. The van der Waals surface area contributed by atoms with Gasteiger partial charge in [0.05, 0.1) is 42.4 Å². The third kappa shape index (κ3) is 4.74. The molecule has 3 aromatic carbocycles. The molecule has 5 aromatic rings. The van der Waals surface area contributed by atoms with E-state index in [1.165, 1.54) is 16.7 Å². The van der Waals surface area contributed by atoms with Crippen LogP contribution in [0.5, 0.6) is 0 Å². The summed E-state index contributed by atoms with van der Waals surface area (Å²) in [6.07, 6.45) is 1.69. The van der Waals surface area contributed by atoms with Crippen molar-refractivity contribution in [1.82, 2.24) is 14.5 Å². The third-order valence-electron chi connectivity index (χ3n) is 5.90. The van der Waals surface area contributed by atoms with Gasteiger partial charge in [-0.3, -0.25) is 14.2 Å². The summed E-state index contributed by atoms with van der Waals surface area (Å²) in [5.74, 6) is 0.116. The molecule has 0 bridgehead atoms. The molecular formula is C28H22FN3O4. The standard InChI is InChI=1S/C28H22FN3O4/c29-21-11-7-20(8-12-21)18-31-25-6-2-1-5-24(25)27(34)32(28(31)35)22-13-9-19(10-14-22)16-26(33)30-17-23-4-3-15-36-23/h1-15H,16-18H2,(H,30,33). The van der Waals surface area contributed by atoms with Crippen LogP contribution in [0.3, 0.4) is 0 Å². The highest BCUT2D eigenvalue weighted by atomic mass is 19.1. The van der Waals surface area contributed by atoms with Gasteiger partial charge in [0.2, 0.25) is 5.91 Å². The first-order valence-corrected chi connectivity index (χ1v) is 11.4. The smallest absolute Gasteiger partial charge is 0.336 e. The van der Waals surface area contributed by atoms with Gasteiger partial charge in [-0.2, -0.15) is 0 Å². The minimum absolute atomic E-state index is 0.141. The summed E-state index contributed by atoms with van der Waals surface area (Å²) in [4.78, 5) is 39.1. The van der Waals surface area contributed by atoms with Gasteiger partial charge in [-0.1, -0.05) is 36.4 Å². The van der Waals surface area contributed by atoms with Crippen LogP contribution in [0.25, 0.3) is 16.6 Å². The molecule has 0 radical (unpaired) electrons. The Morgan fingerprint density at radius 1 is 0.861 bits per heavy atom. The summed E-state index contributed by atoms with van der Waals surface area (Å²) < 4.78 is 21.2. The van der Waals surface area contributed by atoms with Crippen molar-refractivity contribution >= 4 is 16.8 Å². The minimum atomic E-state index is -0.507. The quantitative estimate of drug-likeness (QED) is 0.382. The van der Waals surface area contributed by atoms with Crippen LogP contribution in [0.1, 0.15) is 16.9 Å². The van der Waals surface area contributed by atoms with E-state index in [0.717, 1.165) is 15.7 Å². The van der Waals surface area contributed by atoms with E-state index in [9.17, 15) is 18.8 Å². The van der Waals surface area contributed by atoms with E-state index in [-0.39, 0.29) is 24.7 Å². The number of para-hydroxylation sites is 1. The molecule has 36 heavy (non-hydrogen) atoms. The predicted molar refractivity (Wildman–Crippen MR) is 134 cm³/mol. The molecule has 5 rings (SSSR count). The van der Waals surface area contributed by atoms with Crippen LogP contribution in [0.2, 0.25) is 0 Å². The normalized spacial score (nSPS) is 11.0. The molecule has 1 N–H and O–H groups in total. The molecule has 1 amide bonds. The van der Waals surface area contributed by atoms with Crippen LogP contribution in [0.15, 0.2) is 105 Å². The average Bonchev–Trinajstić information content (AvgIpc) is 3.41. The number of hydrogen-bond donors (Lipinski definition) is 1. The van der Waals surface area contributed by atoms with Gasteiger partial charge in [-0.25, -0.2) is 13.8 Å². The fraction of sp³-hybridized carbons (Fsp3) is 0.107. The Morgan fingerprint density at radius 3 is 2.31 bits per heavy atom. The number of rotatable bonds is 7. The van der Waals surface area contributed by atoms with Crippen molar-refractivity contribution in [2.24, 2.45) is 0 Å². The Hall–Kier alpha value is -4.72. The van der Waals surface area contributed by atoms with Gasteiger partial charge >= 0.3 is 5.69 Å². The zero-order valence-electron chi connectivity index (χ0n) is 19.2. The van der Waals surface area contributed by atoms with E-state index in [1.807, 2.05) is 0 Å². The molecule has 0 saturated carbocycles. The van der Waals surface area contributed by atoms with E-state index in [1.54, 1.807) is 79.1 Å². The van der Waals surface area contributed by atoms with E-state index in [4.69, 9.17) is 4.42 Å². The Kier molecular flexibility index (Phi) is 6.32. The fourth-order valence-electron chi connectivity index (χ4n) is 4.08. The summed E-state index contributed by atoms with van der Waals surface area (Å²) >= 11 is 0. The first kappa shape index (κ1) is 23.0. The van der Waals surface area contributed by atoms with Crippen LogP contribution in [-0.2, 0) is 24.3 Å². The molecule has 0 atom stereocenters. The predicted octanol–water partition coefficient (Wildman–Crippen LogP) is 3.79. The molecule has 0 aliphatic rings. The molecule has 180 valence electrons. The van der Waals surface area contributed by atoms with Gasteiger partial charge in [0.25, 0.3) is 5.56 Å². The van der Waals surface area contributed by atoms with Crippen LogP contribution < -0.4 is 16.6 Å². The SMILES string of the molecule is O=C(Cc1ccc(-n2c(=O)c3ccccc3n(Cc3ccc(F)cc3)c2=O)cc1)NCc1ccco1. The lowest BCUT2D eigenvalue weighted by atomic mass is 10.1. The second kappa shape index (κ2) is 9.87. The van der Waals surface area contributed by atoms with Crippen LogP contribution >= 0.6 is 0 Å². The Balaban J connectivity index is 1.46. The number of carbonyl (C=O) groups is 1. The molecule has 0 aliphatic carbocycles. The first-order chi connectivity index (χ1) is 17.5. The van der Waals surface area contributed by atoms with Crippen molar-refractivity contribution in [3.05, 3.63) is 135 Å². The molecule has 0 spiro atoms. The monoisotopic (exact) mass is 483 g/mol. The van der Waals surface area contributed by atoms with Crippen molar-refractivity contribution in [2.45, 2.75) is 19.5 Å². The molecule has 8 heteroatoms. The molecule has 0 saturated heterocycles. The molecule has 0 unspecified atom stereocenters. The Morgan fingerprint density at radius 2 is 1.58 bits per heavy atom. The molecule has 0 aliphatic heterocycles. The highest BCUT2D eigenvalue weighted by molar-refractivity contribution is 5.79. The number of halogens is 1. The number of carbonyl (C=O) groups excluding carboxylic acids is 1. The van der Waals surface area contributed by atoms with Gasteiger partial charge in [-0.15, -0.1) is 0 Å². The van der Waals surface area contributed by atoms with Crippen LogP contribution in [0, 0.1) is 5.82 Å². The Bertz CT molecular complexity index is 1630. The maximum absolute atomic E-state index is 13.5. The summed E-state index contributed by atoms with van der Waals surface area (Å²) in [6.45, 7) is 0.470. The van der Waals surface area contributed by atoms with E-state index < -0.39 is 11.2 Å². The summed E-state index contributed by atoms with van der Waals surface area (Å²) in [5, 5.41) is 3.18. The zero-order valence-corrected chi connectivity index (χ0v) is 19.2. The second-order valence-electron chi connectivity index (χ2n) is 8.35. The second-order valence-corrected chi connectivity index (χ2v) is 8.35. The summed E-state index contributed by atoms with van der Waals surface area (Å²) in [5.41, 5.74) is 1.41. The zero-order chi connectivity index (χ0) is 25.1. The number of hydrogen-bond acceptors (Lipinski definition) is 4. The Labute approximate surface area is 205 Å². The molecule has 2 aromatic heterocycles. The highest BCUT2D eigenvalue weighted by Crippen LogP contribution is 2.14. The molecule has 7 nitrogen and oxygen atoms in total. The number of amides is 1. The van der Waals surface area contributed by atoms with Crippen molar-refractivity contribution in [2.75, 3.05) is 0 Å². The molecular weight excluding hydrogens is 461 g/mol. The fourth-order valence-corrected chi connectivity index (χ4v) is 4.08. The number of nitrogens with zero attached hydrogens (tertiary/aromatic N) is 2. The first-order valence-electron chi connectivity index (χ1n) is 11.4. The van der Waals surface area contributed by atoms with E-state index in [2.05, 4.69) is 5.32 Å². The number of nitrogens with one attached hydrogen (secondary N) is 1.